The average molecular weight is 311 g/mol. The van der Waals surface area contributed by atoms with Gasteiger partial charge in [0.2, 0.25) is 0 Å². The van der Waals surface area contributed by atoms with Crippen LogP contribution in [0.3, 0.4) is 0 Å². The lowest BCUT2D eigenvalue weighted by molar-refractivity contribution is 1.10. The Morgan fingerprint density at radius 1 is 0.750 bits per heavy atom. The molecule has 0 aliphatic carbocycles. The molecule has 0 atom stereocenters. The highest BCUT2D eigenvalue weighted by Gasteiger charge is 2.12. The summed E-state index contributed by atoms with van der Waals surface area (Å²) in [5, 5.41) is 0.734. The predicted molar refractivity (Wildman–Crippen MR) is 99.7 cm³/mol. The topological polar surface area (TPSA) is 22.0 Å². The molecule has 2 heteroatoms. The van der Waals surface area contributed by atoms with E-state index < -0.39 is 0 Å². The minimum absolute atomic E-state index is 0.0489. The van der Waals surface area contributed by atoms with E-state index in [9.17, 15) is 4.79 Å². The highest BCUT2D eigenvalue weighted by Crippen LogP contribution is 2.26. The van der Waals surface area contributed by atoms with Gasteiger partial charge in [-0.1, -0.05) is 60.2 Å². The van der Waals surface area contributed by atoms with E-state index in [0.29, 0.717) is 0 Å². The van der Waals surface area contributed by atoms with Crippen molar-refractivity contribution in [1.82, 2.24) is 4.57 Å². The molecule has 0 aliphatic heterocycles. The maximum Gasteiger partial charge on any atom is 0.190 e. The van der Waals surface area contributed by atoms with E-state index in [0.717, 1.165) is 27.8 Å². The number of rotatable bonds is 2. The van der Waals surface area contributed by atoms with Crippen LogP contribution in [0.15, 0.2) is 89.7 Å². The maximum atomic E-state index is 12.6. The molecule has 0 radical (unpaired) electrons. The van der Waals surface area contributed by atoms with E-state index in [1.165, 1.54) is 5.56 Å². The van der Waals surface area contributed by atoms with Gasteiger partial charge in [-0.05, 0) is 36.8 Å². The van der Waals surface area contributed by atoms with Crippen molar-refractivity contribution in [3.63, 3.8) is 0 Å². The Bertz CT molecular complexity index is 1060. The first-order chi connectivity index (χ1) is 11.7. The van der Waals surface area contributed by atoms with Crippen LogP contribution in [0.2, 0.25) is 0 Å². The van der Waals surface area contributed by atoms with Gasteiger partial charge in [-0.2, -0.15) is 0 Å². The van der Waals surface area contributed by atoms with Gasteiger partial charge >= 0.3 is 0 Å². The molecule has 3 aromatic carbocycles. The zero-order valence-electron chi connectivity index (χ0n) is 13.4. The fraction of sp³-hybridized carbons (Fsp3) is 0.0455. The minimum atomic E-state index is 0.0489. The second-order valence-corrected chi connectivity index (χ2v) is 5.95. The van der Waals surface area contributed by atoms with Gasteiger partial charge in [-0.25, -0.2) is 0 Å². The lowest BCUT2D eigenvalue weighted by Crippen LogP contribution is -2.10. The van der Waals surface area contributed by atoms with E-state index in [1.54, 1.807) is 6.07 Å². The molecular weight excluding hydrogens is 294 g/mol. The Morgan fingerprint density at radius 3 is 2.17 bits per heavy atom. The van der Waals surface area contributed by atoms with Crippen LogP contribution in [0, 0.1) is 6.92 Å². The van der Waals surface area contributed by atoms with Crippen molar-refractivity contribution in [2.75, 3.05) is 0 Å². The van der Waals surface area contributed by atoms with Crippen LogP contribution in [-0.2, 0) is 0 Å². The van der Waals surface area contributed by atoms with Gasteiger partial charge in [0.25, 0.3) is 0 Å². The third kappa shape index (κ3) is 2.42. The molecule has 1 heterocycles. The number of aromatic nitrogens is 1. The number of pyridine rings is 1. The third-order valence-corrected chi connectivity index (χ3v) is 4.28. The zero-order chi connectivity index (χ0) is 16.5. The summed E-state index contributed by atoms with van der Waals surface area (Å²) < 4.78 is 2.16. The summed E-state index contributed by atoms with van der Waals surface area (Å²) in [4.78, 5) is 12.6. The van der Waals surface area contributed by atoms with Crippen LogP contribution < -0.4 is 5.43 Å². The van der Waals surface area contributed by atoms with Crippen molar-refractivity contribution in [3.05, 3.63) is 101 Å². The van der Waals surface area contributed by atoms with Gasteiger partial charge in [0.05, 0.1) is 11.2 Å². The Balaban J connectivity index is 2.13. The molecule has 1 aromatic heterocycles. The van der Waals surface area contributed by atoms with Gasteiger partial charge in [0, 0.05) is 17.1 Å². The van der Waals surface area contributed by atoms with Crippen LogP contribution in [0.4, 0.5) is 0 Å². The molecule has 24 heavy (non-hydrogen) atoms. The number of para-hydroxylation sites is 1. The second kappa shape index (κ2) is 5.82. The summed E-state index contributed by atoms with van der Waals surface area (Å²) in [6.45, 7) is 2.07. The largest absolute Gasteiger partial charge is 0.309 e. The van der Waals surface area contributed by atoms with E-state index in [4.69, 9.17) is 0 Å². The fourth-order valence-electron chi connectivity index (χ4n) is 3.07. The first-order valence-corrected chi connectivity index (χ1v) is 8.01. The van der Waals surface area contributed by atoms with Crippen LogP contribution in [0.25, 0.3) is 27.8 Å². The molecule has 4 rings (SSSR count). The normalized spacial score (nSPS) is 10.9. The fourth-order valence-corrected chi connectivity index (χ4v) is 3.07. The van der Waals surface area contributed by atoms with Crippen molar-refractivity contribution in [3.8, 4) is 16.9 Å². The maximum absolute atomic E-state index is 12.6. The molecule has 4 aromatic rings. The van der Waals surface area contributed by atoms with Crippen LogP contribution in [0.5, 0.6) is 0 Å². The van der Waals surface area contributed by atoms with Gasteiger partial charge < -0.3 is 4.57 Å². The van der Waals surface area contributed by atoms with Crippen LogP contribution >= 0.6 is 0 Å². The highest BCUT2D eigenvalue weighted by atomic mass is 16.1. The smallest absolute Gasteiger partial charge is 0.190 e. The average Bonchev–Trinajstić information content (AvgIpc) is 2.63. The second-order valence-electron chi connectivity index (χ2n) is 5.95. The molecule has 0 N–H and O–H groups in total. The molecule has 0 aliphatic rings. The number of fused-ring (bicyclic) bond motifs is 1. The Morgan fingerprint density at radius 2 is 1.42 bits per heavy atom. The molecule has 116 valence electrons. The quantitative estimate of drug-likeness (QED) is 0.512. The first-order valence-electron chi connectivity index (χ1n) is 8.01. The number of benzene rings is 3. The molecule has 0 spiro atoms. The highest BCUT2D eigenvalue weighted by molar-refractivity contribution is 5.84. The van der Waals surface area contributed by atoms with Crippen molar-refractivity contribution in [2.24, 2.45) is 0 Å². The van der Waals surface area contributed by atoms with Crippen molar-refractivity contribution >= 4 is 10.9 Å². The molecule has 0 saturated carbocycles. The lowest BCUT2D eigenvalue weighted by Gasteiger charge is -2.17. The molecular formula is C22H17NO. The number of hydrogen-bond acceptors (Lipinski definition) is 1. The van der Waals surface area contributed by atoms with E-state index in [1.807, 2.05) is 54.6 Å². The van der Waals surface area contributed by atoms with Crippen LogP contribution in [0.1, 0.15) is 5.56 Å². The van der Waals surface area contributed by atoms with Gasteiger partial charge in [0.1, 0.15) is 0 Å². The number of aryl methyl sites for hydroxylation is 1. The summed E-state index contributed by atoms with van der Waals surface area (Å²) >= 11 is 0. The zero-order valence-corrected chi connectivity index (χ0v) is 13.4. The predicted octanol–water partition coefficient (Wildman–Crippen LogP) is 4.97. The third-order valence-electron chi connectivity index (χ3n) is 4.28. The van der Waals surface area contributed by atoms with E-state index >= 15 is 0 Å². The molecule has 2 nitrogen and oxygen atoms in total. The molecule has 0 fully saturated rings. The van der Waals surface area contributed by atoms with Crippen molar-refractivity contribution < 1.29 is 0 Å². The van der Waals surface area contributed by atoms with Crippen molar-refractivity contribution in [1.29, 1.82) is 0 Å². The Labute approximate surface area is 140 Å². The Kier molecular flexibility index (Phi) is 3.51. The monoisotopic (exact) mass is 311 g/mol. The summed E-state index contributed by atoms with van der Waals surface area (Å²) in [6.07, 6.45) is 0. The molecule has 0 amide bonds. The number of hydrogen-bond donors (Lipinski definition) is 0. The van der Waals surface area contributed by atoms with E-state index in [2.05, 4.69) is 35.8 Å². The standard InChI is InChI=1S/C22H17NO/c1-16-11-13-18(14-12-16)23-20-10-6-5-9-19(20)22(24)15-21(23)17-7-3-2-4-8-17/h2-15H,1H3. The molecule has 0 saturated heterocycles. The summed E-state index contributed by atoms with van der Waals surface area (Å²) in [6, 6.07) is 27.9. The van der Waals surface area contributed by atoms with Crippen LogP contribution in [-0.4, -0.2) is 4.57 Å². The molecule has 0 bridgehead atoms. The van der Waals surface area contributed by atoms with Gasteiger partial charge in [-0.15, -0.1) is 0 Å². The summed E-state index contributed by atoms with van der Waals surface area (Å²) in [5.41, 5.74) is 5.17. The lowest BCUT2D eigenvalue weighted by atomic mass is 10.1. The minimum Gasteiger partial charge on any atom is -0.309 e. The SMILES string of the molecule is Cc1ccc(-n2c(-c3ccccc3)cc(=O)c3ccccc32)cc1. The van der Waals surface area contributed by atoms with Gasteiger partial charge in [-0.3, -0.25) is 4.79 Å². The van der Waals surface area contributed by atoms with Gasteiger partial charge in [0.15, 0.2) is 5.43 Å². The number of nitrogens with zero attached hydrogens (tertiary/aromatic N) is 1. The Hall–Kier alpha value is -3.13. The first kappa shape index (κ1) is 14.5. The van der Waals surface area contributed by atoms with Crippen molar-refractivity contribution in [2.45, 2.75) is 6.92 Å². The summed E-state index contributed by atoms with van der Waals surface area (Å²) in [7, 11) is 0. The van der Waals surface area contributed by atoms with E-state index in [-0.39, 0.29) is 5.43 Å². The summed E-state index contributed by atoms with van der Waals surface area (Å²) in [5.74, 6) is 0. The molecule has 0 unspecified atom stereocenters.